The van der Waals surface area contributed by atoms with E-state index in [-0.39, 0.29) is 11.7 Å². The summed E-state index contributed by atoms with van der Waals surface area (Å²) in [5.74, 6) is 1.88. The lowest BCUT2D eigenvalue weighted by atomic mass is 9.87. The maximum absolute atomic E-state index is 13.1. The second-order valence-corrected chi connectivity index (χ2v) is 5.63. The van der Waals surface area contributed by atoms with Gasteiger partial charge < -0.3 is 18.9 Å². The molecule has 138 valence electrons. The average molecular weight is 356 g/mol. The Morgan fingerprint density at radius 1 is 0.885 bits per heavy atom. The van der Waals surface area contributed by atoms with Crippen LogP contribution in [0.1, 0.15) is 28.3 Å². The molecule has 0 amide bonds. The summed E-state index contributed by atoms with van der Waals surface area (Å²) in [6, 6.07) is 10.6. The highest BCUT2D eigenvalue weighted by molar-refractivity contribution is 6.01. The zero-order valence-electron chi connectivity index (χ0n) is 15.6. The van der Waals surface area contributed by atoms with E-state index < -0.39 is 0 Å². The van der Waals surface area contributed by atoms with E-state index >= 15 is 0 Å². The van der Waals surface area contributed by atoms with E-state index in [2.05, 4.69) is 6.58 Å². The minimum absolute atomic E-state index is 0.0296. The first-order valence-corrected chi connectivity index (χ1v) is 8.18. The van der Waals surface area contributed by atoms with Crippen molar-refractivity contribution in [3.63, 3.8) is 0 Å². The number of ether oxygens (including phenoxy) is 4. The van der Waals surface area contributed by atoms with Gasteiger partial charge in [-0.15, -0.1) is 6.58 Å². The van der Waals surface area contributed by atoms with Crippen molar-refractivity contribution in [3.8, 4) is 23.0 Å². The number of hydrogen-bond donors (Lipinski definition) is 0. The lowest BCUT2D eigenvalue weighted by Crippen LogP contribution is -2.13. The molecule has 0 radical (unpaired) electrons. The van der Waals surface area contributed by atoms with Gasteiger partial charge in [-0.1, -0.05) is 12.1 Å². The summed E-state index contributed by atoms with van der Waals surface area (Å²) in [6.45, 7) is 3.79. The van der Waals surface area contributed by atoms with Crippen LogP contribution in [0.5, 0.6) is 23.0 Å². The first-order valence-electron chi connectivity index (χ1n) is 8.18. The van der Waals surface area contributed by atoms with E-state index in [1.165, 1.54) is 0 Å². The van der Waals surface area contributed by atoms with Crippen LogP contribution in [-0.4, -0.2) is 34.2 Å². The van der Waals surface area contributed by atoms with Gasteiger partial charge in [0, 0.05) is 5.56 Å². The molecule has 0 bridgehead atoms. The highest BCUT2D eigenvalue weighted by atomic mass is 16.5. The first-order chi connectivity index (χ1) is 12.6. The van der Waals surface area contributed by atoms with Gasteiger partial charge in [0.2, 0.25) is 0 Å². The molecule has 5 heteroatoms. The standard InChI is InChI=1S/C21H24O5/c1-6-7-16(14-8-10-17(23-2)19(12-14)25-4)21(22)15-9-11-18(24-3)20(13-15)26-5/h6,8-13,16H,1,7H2,2-5H3/t16-/m0/s1. The molecule has 1 atom stereocenters. The molecule has 0 spiro atoms. The van der Waals surface area contributed by atoms with Crippen molar-refractivity contribution in [1.82, 2.24) is 0 Å². The minimum Gasteiger partial charge on any atom is -0.493 e. The second kappa shape index (κ2) is 8.94. The maximum Gasteiger partial charge on any atom is 0.170 e. The van der Waals surface area contributed by atoms with Gasteiger partial charge in [-0.2, -0.15) is 0 Å². The van der Waals surface area contributed by atoms with Crippen molar-refractivity contribution in [3.05, 3.63) is 60.2 Å². The Morgan fingerprint density at radius 3 is 1.96 bits per heavy atom. The van der Waals surface area contributed by atoms with Gasteiger partial charge >= 0.3 is 0 Å². The molecule has 5 nitrogen and oxygen atoms in total. The molecule has 2 aromatic rings. The van der Waals surface area contributed by atoms with Gasteiger partial charge in [0.1, 0.15) is 0 Å². The van der Waals surface area contributed by atoms with Gasteiger partial charge in [-0.3, -0.25) is 4.79 Å². The SMILES string of the molecule is C=CC[C@H](C(=O)c1ccc(OC)c(OC)c1)c1ccc(OC)c(OC)c1. The van der Waals surface area contributed by atoms with E-state index in [1.807, 2.05) is 12.1 Å². The summed E-state index contributed by atoms with van der Waals surface area (Å²) in [5, 5.41) is 0. The molecule has 0 saturated heterocycles. The lowest BCUT2D eigenvalue weighted by molar-refractivity contribution is 0.0959. The fourth-order valence-corrected chi connectivity index (χ4v) is 2.82. The Hall–Kier alpha value is -2.95. The van der Waals surface area contributed by atoms with E-state index in [4.69, 9.17) is 18.9 Å². The van der Waals surface area contributed by atoms with Crippen molar-refractivity contribution in [2.45, 2.75) is 12.3 Å². The zero-order chi connectivity index (χ0) is 19.1. The van der Waals surface area contributed by atoms with Gasteiger partial charge in [0.25, 0.3) is 0 Å². The number of carbonyl (C=O) groups excluding carboxylic acids is 1. The summed E-state index contributed by atoms with van der Waals surface area (Å²) in [7, 11) is 6.25. The molecule has 0 aliphatic rings. The van der Waals surface area contributed by atoms with Crippen LogP contribution in [0.15, 0.2) is 49.1 Å². The van der Waals surface area contributed by atoms with Crippen LogP contribution in [0, 0.1) is 0 Å². The molecule has 0 aliphatic heterocycles. The van der Waals surface area contributed by atoms with Gasteiger partial charge in [-0.05, 0) is 42.3 Å². The van der Waals surface area contributed by atoms with Crippen LogP contribution < -0.4 is 18.9 Å². The molecular weight excluding hydrogens is 332 g/mol. The van der Waals surface area contributed by atoms with E-state index in [1.54, 1.807) is 58.8 Å². The van der Waals surface area contributed by atoms with Crippen LogP contribution in [0.4, 0.5) is 0 Å². The zero-order valence-corrected chi connectivity index (χ0v) is 15.6. The third kappa shape index (κ3) is 3.99. The number of ketones is 1. The number of carbonyl (C=O) groups is 1. The van der Waals surface area contributed by atoms with Crippen molar-refractivity contribution in [2.24, 2.45) is 0 Å². The van der Waals surface area contributed by atoms with E-state index in [0.29, 0.717) is 35.0 Å². The highest BCUT2D eigenvalue weighted by Gasteiger charge is 2.23. The molecule has 0 N–H and O–H groups in total. The van der Waals surface area contributed by atoms with Crippen molar-refractivity contribution in [1.29, 1.82) is 0 Å². The van der Waals surface area contributed by atoms with Crippen molar-refractivity contribution >= 4 is 5.78 Å². The number of hydrogen-bond acceptors (Lipinski definition) is 5. The van der Waals surface area contributed by atoms with Crippen molar-refractivity contribution < 1.29 is 23.7 Å². The van der Waals surface area contributed by atoms with E-state index in [9.17, 15) is 4.79 Å². The molecule has 0 aliphatic carbocycles. The van der Waals surface area contributed by atoms with E-state index in [0.717, 1.165) is 5.56 Å². The van der Waals surface area contributed by atoms with Crippen LogP contribution in [0.2, 0.25) is 0 Å². The summed E-state index contributed by atoms with van der Waals surface area (Å²) in [5.41, 5.74) is 1.38. The quantitative estimate of drug-likeness (QED) is 0.496. The third-order valence-electron chi connectivity index (χ3n) is 4.20. The topological polar surface area (TPSA) is 54.0 Å². The van der Waals surface area contributed by atoms with Gasteiger partial charge in [-0.25, -0.2) is 0 Å². The molecule has 0 aromatic heterocycles. The highest BCUT2D eigenvalue weighted by Crippen LogP contribution is 2.35. The summed E-state index contributed by atoms with van der Waals surface area (Å²) in [6.07, 6.45) is 2.24. The van der Waals surface area contributed by atoms with Gasteiger partial charge in [0.15, 0.2) is 28.8 Å². The molecule has 0 fully saturated rings. The fourth-order valence-electron chi connectivity index (χ4n) is 2.82. The van der Waals surface area contributed by atoms with Crippen molar-refractivity contribution in [2.75, 3.05) is 28.4 Å². The number of rotatable bonds is 9. The fraction of sp³-hybridized carbons (Fsp3) is 0.286. The molecule has 0 unspecified atom stereocenters. The Morgan fingerprint density at radius 2 is 1.42 bits per heavy atom. The Bertz CT molecular complexity index is 782. The summed E-state index contributed by atoms with van der Waals surface area (Å²) in [4.78, 5) is 13.1. The Labute approximate surface area is 154 Å². The average Bonchev–Trinajstić information content (AvgIpc) is 2.70. The number of benzene rings is 2. The second-order valence-electron chi connectivity index (χ2n) is 5.63. The smallest absolute Gasteiger partial charge is 0.170 e. The van der Waals surface area contributed by atoms with Crippen LogP contribution in [-0.2, 0) is 0 Å². The Balaban J connectivity index is 2.43. The Kier molecular flexibility index (Phi) is 6.67. The molecular formula is C21H24O5. The largest absolute Gasteiger partial charge is 0.493 e. The number of allylic oxidation sites excluding steroid dienone is 1. The van der Waals surface area contributed by atoms with Crippen LogP contribution >= 0.6 is 0 Å². The maximum atomic E-state index is 13.1. The number of Topliss-reactive ketones (excluding diaryl/α,β-unsaturated/α-hetero) is 1. The third-order valence-corrected chi connectivity index (χ3v) is 4.20. The predicted octanol–water partition coefficient (Wildman–Crippen LogP) is 4.26. The monoisotopic (exact) mass is 356 g/mol. The minimum atomic E-state index is -0.384. The normalized spacial score (nSPS) is 11.4. The van der Waals surface area contributed by atoms with Crippen LogP contribution in [0.3, 0.4) is 0 Å². The lowest BCUT2D eigenvalue weighted by Gasteiger charge is -2.18. The van der Waals surface area contributed by atoms with Crippen LogP contribution in [0.25, 0.3) is 0 Å². The summed E-state index contributed by atoms with van der Waals surface area (Å²) >= 11 is 0. The first kappa shape index (κ1) is 19.4. The number of methoxy groups -OCH3 is 4. The summed E-state index contributed by atoms with van der Waals surface area (Å²) < 4.78 is 21.2. The molecule has 0 saturated carbocycles. The molecule has 2 aromatic carbocycles. The molecule has 0 heterocycles. The van der Waals surface area contributed by atoms with Gasteiger partial charge in [0.05, 0.1) is 34.4 Å². The predicted molar refractivity (Wildman–Crippen MR) is 101 cm³/mol. The molecule has 2 rings (SSSR count). The molecule has 26 heavy (non-hydrogen) atoms.